The molecular formula is C13H24N2O2. The van der Waals surface area contributed by atoms with Gasteiger partial charge in [0.1, 0.15) is 0 Å². The fraction of sp³-hybridized carbons (Fsp3) is 0.923. The van der Waals surface area contributed by atoms with Crippen molar-refractivity contribution in [3.8, 4) is 0 Å². The molecule has 2 rings (SSSR count). The summed E-state index contributed by atoms with van der Waals surface area (Å²) in [6.07, 6.45) is 0. The van der Waals surface area contributed by atoms with E-state index in [0.29, 0.717) is 19.3 Å². The second-order valence-corrected chi connectivity index (χ2v) is 5.79. The molecule has 0 N–H and O–H groups in total. The van der Waals surface area contributed by atoms with Crippen LogP contribution in [0.4, 0.5) is 0 Å². The highest BCUT2D eigenvalue weighted by atomic mass is 16.5. The Hall–Kier alpha value is -0.610. The number of hydrogen-bond donors (Lipinski definition) is 0. The molecule has 2 bridgehead atoms. The lowest BCUT2D eigenvalue weighted by molar-refractivity contribution is -0.159. The number of rotatable bonds is 2. The van der Waals surface area contributed by atoms with Crippen molar-refractivity contribution in [2.24, 2.45) is 5.92 Å². The van der Waals surface area contributed by atoms with Gasteiger partial charge in [0.2, 0.25) is 5.91 Å². The SMILES string of the molecule is CC(C)C(=O)N1C2COCC1CN(C(C)C)C2. The summed E-state index contributed by atoms with van der Waals surface area (Å²) < 4.78 is 5.60. The topological polar surface area (TPSA) is 32.8 Å². The van der Waals surface area contributed by atoms with Crippen LogP contribution in [-0.4, -0.2) is 60.1 Å². The van der Waals surface area contributed by atoms with Gasteiger partial charge in [-0.05, 0) is 13.8 Å². The average Bonchev–Trinajstić information content (AvgIpc) is 2.25. The summed E-state index contributed by atoms with van der Waals surface area (Å²) in [4.78, 5) is 16.8. The van der Waals surface area contributed by atoms with E-state index in [-0.39, 0.29) is 23.9 Å². The van der Waals surface area contributed by atoms with Crippen LogP contribution in [0.15, 0.2) is 0 Å². The van der Waals surface area contributed by atoms with Crippen LogP contribution in [-0.2, 0) is 9.53 Å². The summed E-state index contributed by atoms with van der Waals surface area (Å²) in [6.45, 7) is 11.7. The van der Waals surface area contributed by atoms with E-state index in [2.05, 4.69) is 23.6 Å². The maximum Gasteiger partial charge on any atom is 0.225 e. The number of piperazine rings is 1. The summed E-state index contributed by atoms with van der Waals surface area (Å²) in [6, 6.07) is 1.05. The molecule has 2 fully saturated rings. The predicted octanol–water partition coefficient (Wildman–Crippen LogP) is 0.962. The molecule has 0 aromatic rings. The summed E-state index contributed by atoms with van der Waals surface area (Å²) in [5.41, 5.74) is 0. The monoisotopic (exact) mass is 240 g/mol. The van der Waals surface area contributed by atoms with Crippen LogP contribution in [0.3, 0.4) is 0 Å². The Morgan fingerprint density at radius 1 is 1.12 bits per heavy atom. The van der Waals surface area contributed by atoms with Crippen molar-refractivity contribution in [3.05, 3.63) is 0 Å². The summed E-state index contributed by atoms with van der Waals surface area (Å²) in [5.74, 6) is 0.371. The predicted molar refractivity (Wildman–Crippen MR) is 66.8 cm³/mol. The second kappa shape index (κ2) is 4.94. The van der Waals surface area contributed by atoms with E-state index in [9.17, 15) is 4.79 Å². The average molecular weight is 240 g/mol. The third-order valence-corrected chi connectivity index (χ3v) is 3.78. The molecular weight excluding hydrogens is 216 g/mol. The van der Waals surface area contributed by atoms with E-state index in [1.54, 1.807) is 0 Å². The van der Waals surface area contributed by atoms with E-state index in [0.717, 1.165) is 13.1 Å². The van der Waals surface area contributed by atoms with Crippen molar-refractivity contribution in [1.29, 1.82) is 0 Å². The first-order valence-electron chi connectivity index (χ1n) is 6.64. The molecule has 0 radical (unpaired) electrons. The van der Waals surface area contributed by atoms with Gasteiger partial charge in [-0.2, -0.15) is 0 Å². The lowest BCUT2D eigenvalue weighted by Gasteiger charge is -2.51. The van der Waals surface area contributed by atoms with Gasteiger partial charge in [-0.3, -0.25) is 9.69 Å². The molecule has 0 saturated carbocycles. The number of carbonyl (C=O) groups excluding carboxylic acids is 1. The zero-order valence-corrected chi connectivity index (χ0v) is 11.3. The van der Waals surface area contributed by atoms with Gasteiger partial charge >= 0.3 is 0 Å². The first-order valence-corrected chi connectivity index (χ1v) is 6.64. The molecule has 0 aliphatic carbocycles. The van der Waals surface area contributed by atoms with Crippen molar-refractivity contribution < 1.29 is 9.53 Å². The van der Waals surface area contributed by atoms with Gasteiger partial charge in [-0.15, -0.1) is 0 Å². The lowest BCUT2D eigenvalue weighted by atomic mass is 10.00. The highest BCUT2D eigenvalue weighted by Crippen LogP contribution is 2.24. The Kier molecular flexibility index (Phi) is 3.73. The molecule has 4 nitrogen and oxygen atoms in total. The number of nitrogens with zero attached hydrogens (tertiary/aromatic N) is 2. The van der Waals surface area contributed by atoms with Crippen LogP contribution in [0, 0.1) is 5.92 Å². The van der Waals surface area contributed by atoms with E-state index < -0.39 is 0 Å². The number of fused-ring (bicyclic) bond motifs is 2. The Morgan fingerprint density at radius 2 is 1.65 bits per heavy atom. The summed E-state index contributed by atoms with van der Waals surface area (Å²) >= 11 is 0. The Labute approximate surface area is 104 Å². The van der Waals surface area contributed by atoms with E-state index in [1.165, 1.54) is 0 Å². The van der Waals surface area contributed by atoms with Gasteiger partial charge in [-0.25, -0.2) is 0 Å². The number of morpholine rings is 1. The zero-order valence-electron chi connectivity index (χ0n) is 11.3. The minimum Gasteiger partial charge on any atom is -0.377 e. The molecule has 2 unspecified atom stereocenters. The summed E-state index contributed by atoms with van der Waals surface area (Å²) in [7, 11) is 0. The molecule has 98 valence electrons. The highest BCUT2D eigenvalue weighted by molar-refractivity contribution is 5.79. The third kappa shape index (κ3) is 2.47. The number of amides is 1. The first-order chi connectivity index (χ1) is 8.00. The Morgan fingerprint density at radius 3 is 2.06 bits per heavy atom. The maximum atomic E-state index is 12.2. The van der Waals surface area contributed by atoms with Gasteiger partial charge in [-0.1, -0.05) is 13.8 Å². The normalized spacial score (nSPS) is 30.1. The van der Waals surface area contributed by atoms with Gasteiger partial charge in [0.25, 0.3) is 0 Å². The van der Waals surface area contributed by atoms with Crippen molar-refractivity contribution in [1.82, 2.24) is 9.80 Å². The molecule has 2 saturated heterocycles. The van der Waals surface area contributed by atoms with Crippen LogP contribution in [0.5, 0.6) is 0 Å². The molecule has 0 spiro atoms. The van der Waals surface area contributed by atoms with Gasteiger partial charge in [0.05, 0.1) is 25.3 Å². The molecule has 1 amide bonds. The maximum absolute atomic E-state index is 12.2. The van der Waals surface area contributed by atoms with Gasteiger partial charge in [0, 0.05) is 25.0 Å². The Balaban J connectivity index is 2.12. The smallest absolute Gasteiger partial charge is 0.225 e. The number of hydrogen-bond acceptors (Lipinski definition) is 3. The zero-order chi connectivity index (χ0) is 12.6. The third-order valence-electron chi connectivity index (χ3n) is 3.78. The van der Waals surface area contributed by atoms with Crippen molar-refractivity contribution >= 4 is 5.91 Å². The minimum absolute atomic E-state index is 0.0868. The summed E-state index contributed by atoms with van der Waals surface area (Å²) in [5, 5.41) is 0. The van der Waals surface area contributed by atoms with Crippen molar-refractivity contribution in [3.63, 3.8) is 0 Å². The van der Waals surface area contributed by atoms with E-state index >= 15 is 0 Å². The second-order valence-electron chi connectivity index (χ2n) is 5.79. The van der Waals surface area contributed by atoms with Gasteiger partial charge in [0.15, 0.2) is 0 Å². The van der Waals surface area contributed by atoms with Crippen LogP contribution in [0.25, 0.3) is 0 Å². The lowest BCUT2D eigenvalue weighted by Crippen LogP contribution is -2.67. The van der Waals surface area contributed by atoms with Gasteiger partial charge < -0.3 is 9.64 Å². The molecule has 2 aliphatic heterocycles. The fourth-order valence-electron chi connectivity index (χ4n) is 2.78. The molecule has 0 aromatic heterocycles. The molecule has 4 heteroatoms. The number of ether oxygens (including phenoxy) is 1. The quantitative estimate of drug-likeness (QED) is 0.721. The fourth-order valence-corrected chi connectivity index (χ4v) is 2.78. The van der Waals surface area contributed by atoms with E-state index in [1.807, 2.05) is 13.8 Å². The molecule has 2 heterocycles. The van der Waals surface area contributed by atoms with E-state index in [4.69, 9.17) is 4.74 Å². The molecule has 0 aromatic carbocycles. The standard InChI is InChI=1S/C13H24N2O2/c1-9(2)13(16)15-11-5-14(10(3)4)6-12(15)8-17-7-11/h9-12H,5-8H2,1-4H3. The van der Waals surface area contributed by atoms with Crippen LogP contribution < -0.4 is 0 Å². The highest BCUT2D eigenvalue weighted by Gasteiger charge is 2.41. The first kappa shape index (κ1) is 12.8. The minimum atomic E-state index is 0.0868. The van der Waals surface area contributed by atoms with Crippen LogP contribution in [0.2, 0.25) is 0 Å². The van der Waals surface area contributed by atoms with Crippen LogP contribution >= 0.6 is 0 Å². The molecule has 2 atom stereocenters. The van der Waals surface area contributed by atoms with Crippen molar-refractivity contribution in [2.45, 2.75) is 45.8 Å². The number of carbonyl (C=O) groups is 1. The molecule has 2 aliphatic rings. The molecule has 17 heavy (non-hydrogen) atoms. The van der Waals surface area contributed by atoms with Crippen LogP contribution in [0.1, 0.15) is 27.7 Å². The largest absolute Gasteiger partial charge is 0.377 e. The van der Waals surface area contributed by atoms with Crippen molar-refractivity contribution in [2.75, 3.05) is 26.3 Å². The Bertz CT molecular complexity index is 277.